The van der Waals surface area contributed by atoms with E-state index in [-0.39, 0.29) is 18.0 Å². The van der Waals surface area contributed by atoms with Gasteiger partial charge in [0.15, 0.2) is 0 Å². The quantitative estimate of drug-likeness (QED) is 0.727. The fraction of sp³-hybridized carbons (Fsp3) is 0.917. The smallest absolute Gasteiger partial charge is 0.310 e. The lowest BCUT2D eigenvalue weighted by atomic mass is 9.85. The number of rotatable bonds is 4. The van der Waals surface area contributed by atoms with Gasteiger partial charge in [0, 0.05) is 6.54 Å². The highest BCUT2D eigenvalue weighted by molar-refractivity contribution is 5.72. The summed E-state index contributed by atoms with van der Waals surface area (Å²) in [7, 11) is 0. The summed E-state index contributed by atoms with van der Waals surface area (Å²) in [6, 6.07) is 0. The molecular weight excluding hydrogens is 190 g/mol. The molecule has 0 aliphatic heterocycles. The van der Waals surface area contributed by atoms with E-state index in [0.29, 0.717) is 6.54 Å². The third-order valence-corrected chi connectivity index (χ3v) is 3.35. The molecule has 0 heterocycles. The summed E-state index contributed by atoms with van der Waals surface area (Å²) in [6.07, 6.45) is 5.88. The second kappa shape index (κ2) is 6.11. The maximum Gasteiger partial charge on any atom is 0.310 e. The number of ether oxygens (including phenoxy) is 1. The minimum atomic E-state index is -0.160. The number of nitrogens with two attached hydrogens (primary N) is 1. The molecule has 0 aromatic heterocycles. The fourth-order valence-corrected chi connectivity index (χ4v) is 2.10. The largest absolute Gasteiger partial charge is 0.462 e. The van der Waals surface area contributed by atoms with E-state index < -0.39 is 0 Å². The lowest BCUT2D eigenvalue weighted by Gasteiger charge is -2.28. The first kappa shape index (κ1) is 12.5. The Hall–Kier alpha value is -0.570. The molecule has 0 aromatic rings. The van der Waals surface area contributed by atoms with Gasteiger partial charge in [-0.15, -0.1) is 0 Å². The Kier molecular flexibility index (Phi) is 5.09. The van der Waals surface area contributed by atoms with Crippen molar-refractivity contribution >= 4 is 5.97 Å². The number of esters is 1. The molecule has 88 valence electrons. The average molecular weight is 213 g/mol. The Morgan fingerprint density at radius 3 is 2.87 bits per heavy atom. The zero-order valence-corrected chi connectivity index (χ0v) is 9.87. The molecule has 1 fully saturated rings. The van der Waals surface area contributed by atoms with Crippen molar-refractivity contribution in [1.29, 1.82) is 0 Å². The maximum atomic E-state index is 11.5. The van der Waals surface area contributed by atoms with Gasteiger partial charge in [0.05, 0.1) is 5.92 Å². The summed E-state index contributed by atoms with van der Waals surface area (Å²) in [5.41, 5.74) is 5.43. The van der Waals surface area contributed by atoms with Gasteiger partial charge >= 0.3 is 5.97 Å². The van der Waals surface area contributed by atoms with E-state index in [0.717, 1.165) is 18.8 Å². The Labute approximate surface area is 92.4 Å². The molecule has 0 aromatic carbocycles. The fourth-order valence-electron chi connectivity index (χ4n) is 2.10. The van der Waals surface area contributed by atoms with E-state index in [1.54, 1.807) is 0 Å². The highest BCUT2D eigenvalue weighted by Gasteiger charge is 2.25. The highest BCUT2D eigenvalue weighted by Crippen LogP contribution is 2.28. The monoisotopic (exact) mass is 213 g/mol. The minimum Gasteiger partial charge on any atom is -0.462 e. The molecule has 0 radical (unpaired) electrons. The minimum absolute atomic E-state index is 0.126. The second-order valence-corrected chi connectivity index (χ2v) is 4.64. The molecule has 0 amide bonds. The van der Waals surface area contributed by atoms with Crippen molar-refractivity contribution in [2.45, 2.75) is 52.1 Å². The lowest BCUT2D eigenvalue weighted by molar-refractivity contribution is -0.155. The van der Waals surface area contributed by atoms with Crippen molar-refractivity contribution in [1.82, 2.24) is 0 Å². The molecule has 1 aliphatic rings. The number of carbonyl (C=O) groups excluding carboxylic acids is 1. The van der Waals surface area contributed by atoms with Crippen molar-refractivity contribution < 1.29 is 9.53 Å². The van der Waals surface area contributed by atoms with Crippen LogP contribution in [0, 0.1) is 11.8 Å². The van der Waals surface area contributed by atoms with Gasteiger partial charge in [0.1, 0.15) is 6.10 Å². The Bertz CT molecular complexity index is 206. The van der Waals surface area contributed by atoms with Crippen LogP contribution in [-0.4, -0.2) is 18.6 Å². The van der Waals surface area contributed by atoms with Crippen molar-refractivity contribution in [3.05, 3.63) is 0 Å². The van der Waals surface area contributed by atoms with Crippen molar-refractivity contribution in [2.75, 3.05) is 6.54 Å². The van der Waals surface area contributed by atoms with Crippen LogP contribution in [-0.2, 0) is 9.53 Å². The first-order valence-electron chi connectivity index (χ1n) is 6.07. The van der Waals surface area contributed by atoms with E-state index >= 15 is 0 Å². The van der Waals surface area contributed by atoms with Gasteiger partial charge in [0.25, 0.3) is 0 Å². The van der Waals surface area contributed by atoms with Crippen molar-refractivity contribution in [3.8, 4) is 0 Å². The summed E-state index contributed by atoms with van der Waals surface area (Å²) in [5.74, 6) is 0.455. The van der Waals surface area contributed by atoms with Crippen LogP contribution in [0.25, 0.3) is 0 Å². The normalized spacial score (nSPS) is 28.5. The SMILES string of the molecule is CCC1CCCC(OC(=O)C(C)CN)C1. The topological polar surface area (TPSA) is 52.3 Å². The molecule has 1 aliphatic carbocycles. The average Bonchev–Trinajstić information content (AvgIpc) is 2.28. The number of carbonyl (C=O) groups is 1. The van der Waals surface area contributed by atoms with Crippen LogP contribution in [0.4, 0.5) is 0 Å². The molecule has 15 heavy (non-hydrogen) atoms. The molecule has 3 atom stereocenters. The van der Waals surface area contributed by atoms with Crippen LogP contribution >= 0.6 is 0 Å². The Morgan fingerprint density at radius 2 is 2.27 bits per heavy atom. The van der Waals surface area contributed by atoms with E-state index in [2.05, 4.69) is 6.92 Å². The summed E-state index contributed by atoms with van der Waals surface area (Å²) in [4.78, 5) is 11.5. The van der Waals surface area contributed by atoms with Crippen LogP contribution < -0.4 is 5.73 Å². The number of hydrogen-bond donors (Lipinski definition) is 1. The molecule has 0 bridgehead atoms. The highest BCUT2D eigenvalue weighted by atomic mass is 16.5. The third-order valence-electron chi connectivity index (χ3n) is 3.35. The van der Waals surface area contributed by atoms with Crippen LogP contribution in [0.15, 0.2) is 0 Å². The Morgan fingerprint density at radius 1 is 1.53 bits per heavy atom. The van der Waals surface area contributed by atoms with Gasteiger partial charge in [-0.1, -0.05) is 26.7 Å². The van der Waals surface area contributed by atoms with E-state index in [9.17, 15) is 4.79 Å². The van der Waals surface area contributed by atoms with Gasteiger partial charge in [0.2, 0.25) is 0 Å². The lowest BCUT2D eigenvalue weighted by Crippen LogP contribution is -2.30. The molecule has 1 rings (SSSR count). The standard InChI is InChI=1S/C12H23NO2/c1-3-10-5-4-6-11(7-10)15-12(14)9(2)8-13/h9-11H,3-8,13H2,1-2H3. The molecule has 1 saturated carbocycles. The summed E-state index contributed by atoms with van der Waals surface area (Å²) in [5, 5.41) is 0. The zero-order valence-electron chi connectivity index (χ0n) is 9.87. The van der Waals surface area contributed by atoms with Crippen LogP contribution in [0.5, 0.6) is 0 Å². The molecule has 0 spiro atoms. The predicted molar refractivity (Wildman–Crippen MR) is 60.3 cm³/mol. The Balaban J connectivity index is 2.34. The molecule has 3 heteroatoms. The van der Waals surface area contributed by atoms with E-state index in [1.165, 1.54) is 19.3 Å². The van der Waals surface area contributed by atoms with Crippen LogP contribution in [0.3, 0.4) is 0 Å². The van der Waals surface area contributed by atoms with Crippen molar-refractivity contribution in [2.24, 2.45) is 17.6 Å². The summed E-state index contributed by atoms with van der Waals surface area (Å²) < 4.78 is 5.46. The predicted octanol–water partition coefficient (Wildman–Crippen LogP) is 2.09. The molecule has 2 N–H and O–H groups in total. The van der Waals surface area contributed by atoms with Gasteiger partial charge in [-0.05, 0) is 25.2 Å². The van der Waals surface area contributed by atoms with Gasteiger partial charge in [-0.25, -0.2) is 0 Å². The molecule has 3 unspecified atom stereocenters. The zero-order chi connectivity index (χ0) is 11.3. The summed E-state index contributed by atoms with van der Waals surface area (Å²) in [6.45, 7) is 4.41. The first-order valence-corrected chi connectivity index (χ1v) is 6.07. The maximum absolute atomic E-state index is 11.5. The number of hydrogen-bond acceptors (Lipinski definition) is 3. The van der Waals surface area contributed by atoms with E-state index in [1.807, 2.05) is 6.92 Å². The van der Waals surface area contributed by atoms with Crippen LogP contribution in [0.1, 0.15) is 46.0 Å². The second-order valence-electron chi connectivity index (χ2n) is 4.64. The summed E-state index contributed by atoms with van der Waals surface area (Å²) >= 11 is 0. The third kappa shape index (κ3) is 3.82. The first-order chi connectivity index (χ1) is 7.17. The van der Waals surface area contributed by atoms with Gasteiger partial charge < -0.3 is 10.5 Å². The van der Waals surface area contributed by atoms with Crippen molar-refractivity contribution in [3.63, 3.8) is 0 Å². The van der Waals surface area contributed by atoms with Gasteiger partial charge in [-0.2, -0.15) is 0 Å². The molecular formula is C12H23NO2. The van der Waals surface area contributed by atoms with Gasteiger partial charge in [-0.3, -0.25) is 4.79 Å². The van der Waals surface area contributed by atoms with Crippen LogP contribution in [0.2, 0.25) is 0 Å². The van der Waals surface area contributed by atoms with E-state index in [4.69, 9.17) is 10.5 Å². The molecule has 3 nitrogen and oxygen atoms in total. The molecule has 0 saturated heterocycles.